The third-order valence-corrected chi connectivity index (χ3v) is 2.28. The molecular weight excluding hydrogens is 144 g/mol. The first-order valence-electron chi connectivity index (χ1n) is 4.58. The van der Waals surface area contributed by atoms with Crippen LogP contribution in [0.2, 0.25) is 0 Å². The van der Waals surface area contributed by atoms with Gasteiger partial charge < -0.3 is 0 Å². The van der Waals surface area contributed by atoms with Crippen LogP contribution in [0.15, 0.2) is 36.5 Å². The number of hydrogen-bond acceptors (Lipinski definition) is 0. The zero-order valence-electron chi connectivity index (χ0n) is 8.67. The highest BCUT2D eigenvalue weighted by molar-refractivity contribution is 5.23. The third-order valence-electron chi connectivity index (χ3n) is 2.28. The van der Waals surface area contributed by atoms with E-state index in [1.54, 1.807) is 0 Å². The number of hydrogen-bond donors (Lipinski definition) is 0. The quantitative estimate of drug-likeness (QED) is 0.551. The van der Waals surface area contributed by atoms with Gasteiger partial charge in [-0.25, -0.2) is 0 Å². The summed E-state index contributed by atoms with van der Waals surface area (Å²) < 4.78 is 0. The monoisotopic (exact) mass is 164 g/mol. The van der Waals surface area contributed by atoms with Crippen molar-refractivity contribution in [2.24, 2.45) is 11.8 Å². The Labute approximate surface area is 76.7 Å². The maximum Gasteiger partial charge on any atom is -0.0171 e. The number of rotatable bonds is 4. The summed E-state index contributed by atoms with van der Waals surface area (Å²) in [5.41, 5.74) is 1.39. The molecule has 0 rings (SSSR count). The Bertz CT molecular complexity index is 182. The van der Waals surface area contributed by atoms with E-state index in [0.29, 0.717) is 11.8 Å². The molecule has 0 aliphatic carbocycles. The molecule has 68 valence electrons. The van der Waals surface area contributed by atoms with Gasteiger partial charge in [-0.05, 0) is 24.3 Å². The van der Waals surface area contributed by atoms with Gasteiger partial charge in [0.2, 0.25) is 0 Å². The fourth-order valence-corrected chi connectivity index (χ4v) is 1.07. The average Bonchev–Trinajstić information content (AvgIpc) is 2.05. The SMILES string of the molecule is C=C/C=C\C(=C/C)[C@H](C)C(C)C. The second-order valence-corrected chi connectivity index (χ2v) is 3.42. The molecule has 0 saturated heterocycles. The largest absolute Gasteiger partial charge is 0.0991 e. The second kappa shape index (κ2) is 5.82. The highest BCUT2D eigenvalue weighted by atomic mass is 14.1. The van der Waals surface area contributed by atoms with Gasteiger partial charge in [-0.15, -0.1) is 0 Å². The molecule has 0 N–H and O–H groups in total. The van der Waals surface area contributed by atoms with Crippen molar-refractivity contribution in [2.45, 2.75) is 27.7 Å². The molecule has 0 heteroatoms. The van der Waals surface area contributed by atoms with Gasteiger partial charge in [-0.3, -0.25) is 0 Å². The molecular formula is C12H20. The highest BCUT2D eigenvalue weighted by Gasteiger charge is 2.08. The van der Waals surface area contributed by atoms with Gasteiger partial charge in [0, 0.05) is 0 Å². The fraction of sp³-hybridized carbons (Fsp3) is 0.500. The predicted octanol–water partition coefficient (Wildman–Crippen LogP) is 3.97. The molecule has 0 fully saturated rings. The molecule has 0 unspecified atom stereocenters. The fourth-order valence-electron chi connectivity index (χ4n) is 1.07. The molecule has 12 heavy (non-hydrogen) atoms. The summed E-state index contributed by atoms with van der Waals surface area (Å²) in [6.07, 6.45) is 8.12. The van der Waals surface area contributed by atoms with Crippen LogP contribution in [-0.2, 0) is 0 Å². The van der Waals surface area contributed by atoms with Crippen molar-refractivity contribution in [3.8, 4) is 0 Å². The van der Waals surface area contributed by atoms with Crippen molar-refractivity contribution in [1.82, 2.24) is 0 Å². The van der Waals surface area contributed by atoms with E-state index in [-0.39, 0.29) is 0 Å². The summed E-state index contributed by atoms with van der Waals surface area (Å²) >= 11 is 0. The molecule has 0 radical (unpaired) electrons. The summed E-state index contributed by atoms with van der Waals surface area (Å²) in [7, 11) is 0. The van der Waals surface area contributed by atoms with E-state index in [9.17, 15) is 0 Å². The lowest BCUT2D eigenvalue weighted by Crippen LogP contribution is -2.05. The molecule has 0 aromatic carbocycles. The van der Waals surface area contributed by atoms with Crippen molar-refractivity contribution in [3.05, 3.63) is 36.5 Å². The van der Waals surface area contributed by atoms with E-state index in [0.717, 1.165) is 0 Å². The normalized spacial score (nSPS) is 15.6. The molecule has 0 spiro atoms. The van der Waals surface area contributed by atoms with Gasteiger partial charge in [0.25, 0.3) is 0 Å². The van der Waals surface area contributed by atoms with Gasteiger partial charge in [-0.2, -0.15) is 0 Å². The average molecular weight is 164 g/mol. The Hall–Kier alpha value is -0.780. The lowest BCUT2D eigenvalue weighted by atomic mass is 9.89. The van der Waals surface area contributed by atoms with Crippen molar-refractivity contribution in [1.29, 1.82) is 0 Å². The zero-order valence-corrected chi connectivity index (χ0v) is 8.67. The van der Waals surface area contributed by atoms with Gasteiger partial charge in [0.15, 0.2) is 0 Å². The summed E-state index contributed by atoms with van der Waals surface area (Å²) in [6, 6.07) is 0. The minimum atomic E-state index is 0.631. The lowest BCUT2D eigenvalue weighted by Gasteiger charge is -2.16. The van der Waals surface area contributed by atoms with Crippen LogP contribution in [-0.4, -0.2) is 0 Å². The first kappa shape index (κ1) is 11.2. The zero-order chi connectivity index (χ0) is 9.56. The van der Waals surface area contributed by atoms with Gasteiger partial charge in [-0.1, -0.05) is 51.7 Å². The summed E-state index contributed by atoms with van der Waals surface area (Å²) in [6.45, 7) is 12.5. The van der Waals surface area contributed by atoms with Crippen LogP contribution in [0.1, 0.15) is 27.7 Å². The molecule has 0 bridgehead atoms. The van der Waals surface area contributed by atoms with Crippen LogP contribution in [0.3, 0.4) is 0 Å². The number of allylic oxidation sites excluding steroid dienone is 5. The van der Waals surface area contributed by atoms with Crippen LogP contribution >= 0.6 is 0 Å². The smallest absolute Gasteiger partial charge is 0.0171 e. The molecule has 0 aliphatic heterocycles. The van der Waals surface area contributed by atoms with E-state index in [1.807, 2.05) is 12.2 Å². The van der Waals surface area contributed by atoms with Gasteiger partial charge in [0.05, 0.1) is 0 Å². The third kappa shape index (κ3) is 3.56. The van der Waals surface area contributed by atoms with Crippen LogP contribution in [0.25, 0.3) is 0 Å². The van der Waals surface area contributed by atoms with Crippen LogP contribution in [0.4, 0.5) is 0 Å². The van der Waals surface area contributed by atoms with Crippen molar-refractivity contribution in [2.75, 3.05) is 0 Å². The molecule has 0 aromatic rings. The van der Waals surface area contributed by atoms with E-state index < -0.39 is 0 Å². The topological polar surface area (TPSA) is 0 Å². The first-order chi connectivity index (χ1) is 5.63. The van der Waals surface area contributed by atoms with Crippen molar-refractivity contribution < 1.29 is 0 Å². The summed E-state index contributed by atoms with van der Waals surface area (Å²) in [5.74, 6) is 1.33. The van der Waals surface area contributed by atoms with Crippen LogP contribution < -0.4 is 0 Å². The molecule has 0 amide bonds. The highest BCUT2D eigenvalue weighted by Crippen LogP contribution is 2.20. The van der Waals surface area contributed by atoms with E-state index in [2.05, 4.69) is 46.4 Å². The Morgan fingerprint density at radius 2 is 1.83 bits per heavy atom. The lowest BCUT2D eigenvalue weighted by molar-refractivity contribution is 0.487. The molecule has 0 aromatic heterocycles. The standard InChI is InChI=1S/C12H20/c1-6-8-9-12(7-2)11(5)10(3)4/h6-11H,1H2,2-5H3/b9-8-,12-7+/t11-/m1/s1. The Morgan fingerprint density at radius 3 is 2.17 bits per heavy atom. The Kier molecular flexibility index (Phi) is 5.44. The van der Waals surface area contributed by atoms with Gasteiger partial charge >= 0.3 is 0 Å². The van der Waals surface area contributed by atoms with Crippen LogP contribution in [0.5, 0.6) is 0 Å². The minimum absolute atomic E-state index is 0.631. The minimum Gasteiger partial charge on any atom is -0.0991 e. The molecule has 0 heterocycles. The Morgan fingerprint density at radius 1 is 1.25 bits per heavy atom. The summed E-state index contributed by atoms with van der Waals surface area (Å²) in [5, 5.41) is 0. The van der Waals surface area contributed by atoms with E-state index in [4.69, 9.17) is 0 Å². The van der Waals surface area contributed by atoms with Crippen LogP contribution in [0, 0.1) is 11.8 Å². The van der Waals surface area contributed by atoms with E-state index >= 15 is 0 Å². The molecule has 0 saturated carbocycles. The van der Waals surface area contributed by atoms with E-state index in [1.165, 1.54) is 5.57 Å². The van der Waals surface area contributed by atoms with Gasteiger partial charge in [0.1, 0.15) is 0 Å². The summed E-state index contributed by atoms with van der Waals surface area (Å²) in [4.78, 5) is 0. The van der Waals surface area contributed by atoms with Crippen molar-refractivity contribution >= 4 is 0 Å². The first-order valence-corrected chi connectivity index (χ1v) is 4.58. The molecule has 1 atom stereocenters. The predicted molar refractivity (Wildman–Crippen MR) is 57.1 cm³/mol. The molecule has 0 nitrogen and oxygen atoms in total. The van der Waals surface area contributed by atoms with Crippen molar-refractivity contribution in [3.63, 3.8) is 0 Å². The molecule has 0 aliphatic rings. The second-order valence-electron chi connectivity index (χ2n) is 3.42. The Balaban J connectivity index is 4.36. The maximum atomic E-state index is 3.66. The maximum absolute atomic E-state index is 3.66.